The average molecular weight is 213 g/mol. The van der Waals surface area contributed by atoms with Crippen molar-refractivity contribution in [2.45, 2.75) is 31.3 Å². The molecule has 0 bridgehead atoms. The fraction of sp³-hybridized carbons (Fsp3) is 0.857. The summed E-state index contributed by atoms with van der Waals surface area (Å²) in [4.78, 5) is 4.47. The molecule has 0 saturated heterocycles. The first-order chi connectivity index (χ1) is 4.01. The third-order valence-electron chi connectivity index (χ3n) is 1.79. The average Bonchev–Trinajstić information content (AvgIpc) is 1.79. The van der Waals surface area contributed by atoms with E-state index in [1.807, 2.05) is 0 Å². The summed E-state index contributed by atoms with van der Waals surface area (Å²) in [6, 6.07) is 0. The second-order valence-electron chi connectivity index (χ2n) is 2.95. The number of hydrogen-bond acceptors (Lipinski definition) is 1. The van der Waals surface area contributed by atoms with Gasteiger partial charge in [0.05, 0.1) is 0 Å². The Morgan fingerprint density at radius 1 is 1.78 bits per heavy atom. The quantitative estimate of drug-likeness (QED) is 0.543. The molecule has 0 fully saturated rings. The van der Waals surface area contributed by atoms with Crippen LogP contribution in [0.1, 0.15) is 27.2 Å². The molecule has 0 saturated carbocycles. The van der Waals surface area contributed by atoms with Crippen molar-refractivity contribution in [3.8, 4) is 0 Å². The second kappa shape index (κ2) is 2.16. The molecule has 0 spiro atoms. The number of hydrogen-bond donors (Lipinski definition) is 0. The molecule has 0 aromatic rings. The van der Waals surface area contributed by atoms with E-state index in [4.69, 9.17) is 0 Å². The zero-order valence-electron chi connectivity index (χ0n) is 6.07. The van der Waals surface area contributed by atoms with Gasteiger partial charge in [-0.1, -0.05) is 0 Å². The van der Waals surface area contributed by atoms with E-state index in [-0.39, 0.29) is 4.13 Å². The Kier molecular flexibility index (Phi) is 1.78. The van der Waals surface area contributed by atoms with Gasteiger partial charge in [-0.3, -0.25) is 0 Å². The molecule has 0 N–H and O–H groups in total. The SMILES string of the molecule is CC1=N[C](C)([Rh])CC1C. The van der Waals surface area contributed by atoms with Crippen molar-refractivity contribution in [3.05, 3.63) is 0 Å². The molecule has 0 aliphatic carbocycles. The fourth-order valence-electron chi connectivity index (χ4n) is 1.21. The van der Waals surface area contributed by atoms with Crippen LogP contribution >= 0.6 is 0 Å². The molecular formula is C7H12NRh. The molecule has 0 aromatic carbocycles. The van der Waals surface area contributed by atoms with Crippen LogP contribution in [0, 0.1) is 5.92 Å². The van der Waals surface area contributed by atoms with Crippen molar-refractivity contribution < 1.29 is 18.3 Å². The zero-order chi connectivity index (χ0) is 7.07. The third kappa shape index (κ3) is 1.61. The van der Waals surface area contributed by atoms with Crippen molar-refractivity contribution in [3.63, 3.8) is 0 Å². The van der Waals surface area contributed by atoms with Gasteiger partial charge in [0.25, 0.3) is 0 Å². The fourth-order valence-corrected chi connectivity index (χ4v) is 2.00. The molecule has 1 heterocycles. The van der Waals surface area contributed by atoms with Gasteiger partial charge in [-0.15, -0.1) is 0 Å². The topological polar surface area (TPSA) is 12.4 Å². The van der Waals surface area contributed by atoms with E-state index in [2.05, 4.69) is 44.1 Å². The van der Waals surface area contributed by atoms with Crippen LogP contribution in [0.3, 0.4) is 0 Å². The van der Waals surface area contributed by atoms with Crippen LogP contribution in [0.4, 0.5) is 0 Å². The summed E-state index contributed by atoms with van der Waals surface area (Å²) in [6.45, 7) is 6.48. The van der Waals surface area contributed by atoms with E-state index in [0.717, 1.165) is 0 Å². The van der Waals surface area contributed by atoms with Crippen molar-refractivity contribution in [1.82, 2.24) is 0 Å². The normalized spacial score (nSPS) is 43.2. The van der Waals surface area contributed by atoms with Gasteiger partial charge >= 0.3 is 66.2 Å². The van der Waals surface area contributed by atoms with Crippen LogP contribution in [-0.2, 0) is 18.3 Å². The summed E-state index contributed by atoms with van der Waals surface area (Å²) in [7, 11) is 0. The summed E-state index contributed by atoms with van der Waals surface area (Å²) >= 11 is 2.98. The zero-order valence-corrected chi connectivity index (χ0v) is 7.70. The van der Waals surface area contributed by atoms with Crippen LogP contribution < -0.4 is 0 Å². The molecule has 9 heavy (non-hydrogen) atoms. The van der Waals surface area contributed by atoms with Gasteiger partial charge in [0, 0.05) is 0 Å². The van der Waals surface area contributed by atoms with Crippen LogP contribution in [0.2, 0.25) is 0 Å². The van der Waals surface area contributed by atoms with Gasteiger partial charge in [0.1, 0.15) is 0 Å². The van der Waals surface area contributed by atoms with Gasteiger partial charge in [0.2, 0.25) is 0 Å². The molecule has 54 valence electrons. The van der Waals surface area contributed by atoms with Crippen LogP contribution in [0.25, 0.3) is 0 Å². The van der Waals surface area contributed by atoms with E-state index in [1.54, 1.807) is 0 Å². The first-order valence-electron chi connectivity index (χ1n) is 3.24. The second-order valence-corrected chi connectivity index (χ2v) is 4.72. The number of rotatable bonds is 0. The molecule has 0 radical (unpaired) electrons. The Hall–Kier alpha value is 0.293. The summed E-state index contributed by atoms with van der Waals surface area (Å²) in [5.41, 5.74) is 1.29. The van der Waals surface area contributed by atoms with Crippen molar-refractivity contribution in [2.24, 2.45) is 10.9 Å². The van der Waals surface area contributed by atoms with E-state index < -0.39 is 0 Å². The Morgan fingerprint density at radius 3 is 2.44 bits per heavy atom. The van der Waals surface area contributed by atoms with E-state index in [1.165, 1.54) is 12.1 Å². The molecule has 2 atom stereocenters. The third-order valence-corrected chi connectivity index (χ3v) is 2.31. The van der Waals surface area contributed by atoms with E-state index in [0.29, 0.717) is 5.92 Å². The van der Waals surface area contributed by atoms with Crippen LogP contribution in [-0.4, -0.2) is 9.84 Å². The van der Waals surface area contributed by atoms with Crippen LogP contribution in [0.15, 0.2) is 4.99 Å². The molecule has 1 rings (SSSR count). The van der Waals surface area contributed by atoms with Gasteiger partial charge in [-0.2, -0.15) is 0 Å². The minimum atomic E-state index is 0.116. The molecule has 0 amide bonds. The summed E-state index contributed by atoms with van der Waals surface area (Å²) in [5.74, 6) is 0.681. The van der Waals surface area contributed by atoms with Gasteiger partial charge in [-0.05, 0) is 0 Å². The molecule has 1 nitrogen and oxygen atoms in total. The summed E-state index contributed by atoms with van der Waals surface area (Å²) < 4.78 is 0.116. The summed E-state index contributed by atoms with van der Waals surface area (Å²) in [5, 5.41) is 0. The number of aliphatic imine (C=N–C) groups is 1. The Labute approximate surface area is 66.6 Å². The van der Waals surface area contributed by atoms with Crippen molar-refractivity contribution in [2.75, 3.05) is 0 Å². The minimum absolute atomic E-state index is 0.116. The molecular weight excluding hydrogens is 201 g/mol. The summed E-state index contributed by atoms with van der Waals surface area (Å²) in [6.07, 6.45) is 1.17. The Morgan fingerprint density at radius 2 is 2.33 bits per heavy atom. The standard InChI is InChI=1S/C7H12N.Rh/c1-5-4-6(2)8-7(5)3;/h5H,4H2,1-3H3;. The number of nitrogens with zero attached hydrogens (tertiary/aromatic N) is 1. The van der Waals surface area contributed by atoms with E-state index in [9.17, 15) is 0 Å². The van der Waals surface area contributed by atoms with Gasteiger partial charge < -0.3 is 0 Å². The van der Waals surface area contributed by atoms with E-state index >= 15 is 0 Å². The van der Waals surface area contributed by atoms with Gasteiger partial charge in [0.15, 0.2) is 0 Å². The Balaban J connectivity index is 2.74. The predicted molar refractivity (Wildman–Crippen MR) is 35.3 cm³/mol. The molecule has 0 aromatic heterocycles. The molecule has 1 aliphatic rings. The monoisotopic (exact) mass is 213 g/mol. The molecule has 2 heteroatoms. The van der Waals surface area contributed by atoms with Crippen molar-refractivity contribution in [1.29, 1.82) is 0 Å². The molecule has 1 aliphatic heterocycles. The van der Waals surface area contributed by atoms with Crippen molar-refractivity contribution >= 4 is 5.71 Å². The first-order valence-corrected chi connectivity index (χ1v) is 4.06. The Bertz CT molecular complexity index is 149. The van der Waals surface area contributed by atoms with Crippen LogP contribution in [0.5, 0.6) is 0 Å². The maximum atomic E-state index is 4.47. The first kappa shape index (κ1) is 7.40. The van der Waals surface area contributed by atoms with Gasteiger partial charge in [-0.25, -0.2) is 0 Å². The molecule has 2 unspecified atom stereocenters. The maximum absolute atomic E-state index is 4.47. The predicted octanol–water partition coefficient (Wildman–Crippen LogP) is 1.75.